The van der Waals surface area contributed by atoms with Gasteiger partial charge in [0.1, 0.15) is 11.5 Å². The van der Waals surface area contributed by atoms with Crippen molar-refractivity contribution < 1.29 is 13.9 Å². The quantitative estimate of drug-likeness (QED) is 0.354. The summed E-state index contributed by atoms with van der Waals surface area (Å²) >= 11 is 7.45. The van der Waals surface area contributed by atoms with Gasteiger partial charge in [-0.25, -0.2) is 0 Å². The van der Waals surface area contributed by atoms with Crippen LogP contribution in [0.15, 0.2) is 70.4 Å². The van der Waals surface area contributed by atoms with Crippen molar-refractivity contribution in [1.29, 1.82) is 0 Å². The van der Waals surface area contributed by atoms with E-state index < -0.39 is 0 Å². The number of hydrogen-bond donors (Lipinski definition) is 1. The molecule has 0 atom stereocenters. The van der Waals surface area contributed by atoms with Crippen LogP contribution in [0.1, 0.15) is 11.3 Å². The first-order chi connectivity index (χ1) is 15.5. The monoisotopic (exact) mass is 468 g/mol. The normalized spacial score (nSPS) is 10.8. The molecule has 9 heteroatoms. The van der Waals surface area contributed by atoms with Crippen molar-refractivity contribution in [2.45, 2.75) is 18.6 Å². The van der Waals surface area contributed by atoms with Gasteiger partial charge < -0.3 is 14.5 Å². The number of carbonyl (C=O) groups excluding carboxylic acids is 1. The van der Waals surface area contributed by atoms with E-state index in [4.69, 9.17) is 20.8 Å². The van der Waals surface area contributed by atoms with Gasteiger partial charge in [0.15, 0.2) is 11.0 Å². The fraction of sp³-hybridized carbons (Fsp3) is 0.174. The Morgan fingerprint density at radius 3 is 2.81 bits per heavy atom. The summed E-state index contributed by atoms with van der Waals surface area (Å²) in [5.74, 6) is 2.15. The van der Waals surface area contributed by atoms with Crippen LogP contribution in [0.5, 0.6) is 5.75 Å². The topological polar surface area (TPSA) is 82.2 Å². The molecule has 0 aliphatic rings. The molecule has 0 radical (unpaired) electrons. The number of amides is 1. The van der Waals surface area contributed by atoms with Crippen LogP contribution in [-0.4, -0.2) is 33.5 Å². The summed E-state index contributed by atoms with van der Waals surface area (Å²) < 4.78 is 12.8. The van der Waals surface area contributed by atoms with Crippen molar-refractivity contribution >= 4 is 35.0 Å². The predicted molar refractivity (Wildman–Crippen MR) is 125 cm³/mol. The second-order valence-electron chi connectivity index (χ2n) is 6.95. The standard InChI is InChI=1S/C23H21ClN4O3S/c1-15-19(24)9-4-10-20(15)25-21(29)14-32-23-27-26-22(16-6-3-7-17(12-16)30-2)28(23)13-18-8-5-11-31-18/h3-12H,13-14H2,1-2H3,(H,25,29). The third-order valence-electron chi connectivity index (χ3n) is 4.81. The lowest BCUT2D eigenvalue weighted by Gasteiger charge is -2.11. The van der Waals surface area contributed by atoms with Gasteiger partial charge in [-0.3, -0.25) is 9.36 Å². The number of aromatic nitrogens is 3. The number of thioether (sulfide) groups is 1. The van der Waals surface area contributed by atoms with Gasteiger partial charge in [-0.2, -0.15) is 0 Å². The summed E-state index contributed by atoms with van der Waals surface area (Å²) in [4.78, 5) is 12.6. The van der Waals surface area contributed by atoms with Crippen LogP contribution in [-0.2, 0) is 11.3 Å². The number of rotatable bonds is 8. The van der Waals surface area contributed by atoms with Crippen molar-refractivity contribution in [1.82, 2.24) is 14.8 Å². The fourth-order valence-electron chi connectivity index (χ4n) is 3.13. The molecule has 2 aromatic heterocycles. The highest BCUT2D eigenvalue weighted by atomic mass is 35.5. The Labute approximate surface area is 194 Å². The van der Waals surface area contributed by atoms with Crippen LogP contribution in [0.25, 0.3) is 11.4 Å². The molecule has 164 valence electrons. The maximum Gasteiger partial charge on any atom is 0.234 e. The molecule has 1 amide bonds. The maximum absolute atomic E-state index is 12.6. The molecule has 2 heterocycles. The molecule has 7 nitrogen and oxygen atoms in total. The molecule has 1 N–H and O–H groups in total. The third kappa shape index (κ3) is 4.98. The largest absolute Gasteiger partial charge is 0.497 e. The van der Waals surface area contributed by atoms with E-state index in [0.717, 1.165) is 22.6 Å². The molecular formula is C23H21ClN4O3S. The second-order valence-corrected chi connectivity index (χ2v) is 8.30. The summed E-state index contributed by atoms with van der Waals surface area (Å²) in [5.41, 5.74) is 2.38. The summed E-state index contributed by atoms with van der Waals surface area (Å²) in [5, 5.41) is 12.8. The van der Waals surface area contributed by atoms with Crippen LogP contribution in [0.2, 0.25) is 5.02 Å². The van der Waals surface area contributed by atoms with E-state index in [0.29, 0.717) is 28.2 Å². The average molecular weight is 469 g/mol. The second kappa shape index (κ2) is 9.93. The summed E-state index contributed by atoms with van der Waals surface area (Å²) in [7, 11) is 1.62. The lowest BCUT2D eigenvalue weighted by molar-refractivity contribution is -0.113. The predicted octanol–water partition coefficient (Wildman–Crippen LogP) is 5.29. The Morgan fingerprint density at radius 2 is 2.03 bits per heavy atom. The van der Waals surface area contributed by atoms with Gasteiger partial charge in [0, 0.05) is 16.3 Å². The van der Waals surface area contributed by atoms with Crippen LogP contribution < -0.4 is 10.1 Å². The summed E-state index contributed by atoms with van der Waals surface area (Å²) in [6.45, 7) is 2.30. The molecule has 0 bridgehead atoms. The van der Waals surface area contributed by atoms with Crippen molar-refractivity contribution in [2.75, 3.05) is 18.2 Å². The van der Waals surface area contributed by atoms with Crippen LogP contribution in [0, 0.1) is 6.92 Å². The van der Waals surface area contributed by atoms with Gasteiger partial charge in [-0.1, -0.05) is 41.6 Å². The van der Waals surface area contributed by atoms with E-state index in [2.05, 4.69) is 15.5 Å². The van der Waals surface area contributed by atoms with Crippen LogP contribution >= 0.6 is 23.4 Å². The molecule has 32 heavy (non-hydrogen) atoms. The zero-order chi connectivity index (χ0) is 22.5. The highest BCUT2D eigenvalue weighted by Gasteiger charge is 2.18. The zero-order valence-electron chi connectivity index (χ0n) is 17.5. The molecule has 4 rings (SSSR count). The SMILES string of the molecule is COc1cccc(-c2nnc(SCC(=O)Nc3cccc(Cl)c3C)n2Cc2ccco2)c1. The minimum absolute atomic E-state index is 0.157. The van der Waals surface area contributed by atoms with Crippen LogP contribution in [0.4, 0.5) is 5.69 Å². The fourth-order valence-corrected chi connectivity index (χ4v) is 4.04. The average Bonchev–Trinajstić information content (AvgIpc) is 3.46. The minimum atomic E-state index is -0.157. The molecule has 4 aromatic rings. The van der Waals surface area contributed by atoms with Crippen molar-refractivity contribution in [2.24, 2.45) is 0 Å². The van der Waals surface area contributed by atoms with Gasteiger partial charge >= 0.3 is 0 Å². The molecule has 0 saturated carbocycles. The number of methoxy groups -OCH3 is 1. The lowest BCUT2D eigenvalue weighted by atomic mass is 10.2. The lowest BCUT2D eigenvalue weighted by Crippen LogP contribution is -2.15. The van der Waals surface area contributed by atoms with E-state index in [9.17, 15) is 4.79 Å². The number of halogens is 1. The Kier molecular flexibility index (Phi) is 6.82. The first-order valence-electron chi connectivity index (χ1n) is 9.83. The van der Waals surface area contributed by atoms with E-state index >= 15 is 0 Å². The molecule has 0 aliphatic carbocycles. The number of furan rings is 1. The highest BCUT2D eigenvalue weighted by molar-refractivity contribution is 7.99. The van der Waals surface area contributed by atoms with E-state index in [-0.39, 0.29) is 11.7 Å². The molecule has 0 aliphatic heterocycles. The molecule has 0 unspecified atom stereocenters. The Bertz CT molecular complexity index is 1220. The third-order valence-corrected chi connectivity index (χ3v) is 6.19. The van der Waals surface area contributed by atoms with E-state index in [1.807, 2.05) is 54.0 Å². The van der Waals surface area contributed by atoms with Gasteiger partial charge in [0.2, 0.25) is 5.91 Å². The molecule has 0 fully saturated rings. The number of ether oxygens (including phenoxy) is 1. The molecule has 0 spiro atoms. The maximum atomic E-state index is 12.6. The summed E-state index contributed by atoms with van der Waals surface area (Å²) in [6, 6.07) is 16.7. The summed E-state index contributed by atoms with van der Waals surface area (Å²) in [6.07, 6.45) is 1.62. The number of benzene rings is 2. The van der Waals surface area contributed by atoms with Crippen molar-refractivity contribution in [3.05, 3.63) is 77.2 Å². The van der Waals surface area contributed by atoms with Crippen LogP contribution in [0.3, 0.4) is 0 Å². The number of anilines is 1. The molecular weight excluding hydrogens is 448 g/mol. The number of nitrogens with zero attached hydrogens (tertiary/aromatic N) is 3. The van der Waals surface area contributed by atoms with Crippen molar-refractivity contribution in [3.8, 4) is 17.1 Å². The smallest absolute Gasteiger partial charge is 0.234 e. The number of nitrogens with one attached hydrogen (secondary N) is 1. The van der Waals surface area contributed by atoms with Gasteiger partial charge in [-0.05, 0) is 48.9 Å². The van der Waals surface area contributed by atoms with E-state index in [1.165, 1.54) is 11.8 Å². The number of hydrogen-bond acceptors (Lipinski definition) is 6. The van der Waals surface area contributed by atoms with Gasteiger partial charge in [-0.15, -0.1) is 10.2 Å². The Morgan fingerprint density at radius 1 is 1.19 bits per heavy atom. The Balaban J connectivity index is 1.55. The zero-order valence-corrected chi connectivity index (χ0v) is 19.1. The minimum Gasteiger partial charge on any atom is -0.497 e. The highest BCUT2D eigenvalue weighted by Crippen LogP contribution is 2.28. The van der Waals surface area contributed by atoms with Gasteiger partial charge in [0.25, 0.3) is 0 Å². The molecule has 2 aromatic carbocycles. The Hall–Kier alpha value is -3.23. The van der Waals surface area contributed by atoms with Gasteiger partial charge in [0.05, 0.1) is 25.7 Å². The van der Waals surface area contributed by atoms with E-state index in [1.54, 1.807) is 25.5 Å². The van der Waals surface area contributed by atoms with Crippen molar-refractivity contribution in [3.63, 3.8) is 0 Å². The molecule has 0 saturated heterocycles. The first-order valence-corrected chi connectivity index (χ1v) is 11.2. The number of carbonyl (C=O) groups is 1. The first kappa shape index (κ1) is 22.0.